The van der Waals surface area contributed by atoms with Gasteiger partial charge in [-0.2, -0.15) is 10.4 Å². The van der Waals surface area contributed by atoms with Crippen LogP contribution in [-0.4, -0.2) is 32.8 Å². The number of hydrogen-bond acceptors (Lipinski definition) is 5. The lowest BCUT2D eigenvalue weighted by Crippen LogP contribution is -2.39. The molecule has 4 rings (SSSR count). The molecule has 6 heteroatoms. The lowest BCUT2D eigenvalue weighted by Gasteiger charge is -2.33. The Kier molecular flexibility index (Phi) is 4.63. The van der Waals surface area contributed by atoms with Crippen LogP contribution in [0.5, 0.6) is 5.88 Å². The summed E-state index contributed by atoms with van der Waals surface area (Å²) in [4.78, 5) is 6.55. The Morgan fingerprint density at radius 2 is 2.00 bits per heavy atom. The molecular weight excluding hydrogens is 326 g/mol. The summed E-state index contributed by atoms with van der Waals surface area (Å²) in [5.41, 5.74) is 2.93. The topological polar surface area (TPSA) is 67.0 Å². The van der Waals surface area contributed by atoms with Gasteiger partial charge in [0.05, 0.1) is 23.4 Å². The molecule has 0 bridgehead atoms. The Morgan fingerprint density at radius 1 is 1.12 bits per heavy atom. The van der Waals surface area contributed by atoms with E-state index in [0.717, 1.165) is 36.5 Å². The zero-order valence-electron chi connectivity index (χ0n) is 14.3. The Labute approximate surface area is 152 Å². The highest BCUT2D eigenvalue weighted by molar-refractivity contribution is 5.37. The summed E-state index contributed by atoms with van der Waals surface area (Å²) in [6, 6.07) is 17.8. The van der Waals surface area contributed by atoms with E-state index in [0.29, 0.717) is 12.5 Å². The molecule has 1 unspecified atom stereocenters. The first-order valence-corrected chi connectivity index (χ1v) is 8.60. The molecule has 1 aromatic carbocycles. The summed E-state index contributed by atoms with van der Waals surface area (Å²) < 4.78 is 7.90. The van der Waals surface area contributed by atoms with Crippen molar-refractivity contribution >= 4 is 0 Å². The molecule has 0 spiro atoms. The Bertz CT molecular complexity index is 915. The van der Waals surface area contributed by atoms with Gasteiger partial charge in [0.2, 0.25) is 5.88 Å². The number of benzene rings is 1. The summed E-state index contributed by atoms with van der Waals surface area (Å²) in [6.45, 7) is 2.85. The van der Waals surface area contributed by atoms with Crippen LogP contribution in [0.15, 0.2) is 60.9 Å². The van der Waals surface area contributed by atoms with Crippen molar-refractivity contribution in [2.75, 3.05) is 13.2 Å². The van der Waals surface area contributed by atoms with E-state index in [1.54, 1.807) is 6.20 Å². The predicted molar refractivity (Wildman–Crippen MR) is 96.3 cm³/mol. The average molecular weight is 345 g/mol. The zero-order chi connectivity index (χ0) is 17.8. The molecule has 6 nitrogen and oxygen atoms in total. The maximum absolute atomic E-state index is 9.33. The largest absolute Gasteiger partial charge is 0.475 e. The van der Waals surface area contributed by atoms with Crippen molar-refractivity contribution < 1.29 is 4.74 Å². The standard InChI is InChI=1S/C20H19N5O/c21-11-16-5-1-2-6-17(16)12-24-13-18-8-10-23-25(18)19(14-24)15-26-20-7-3-4-9-22-20/h1-10,19H,12-15H2. The van der Waals surface area contributed by atoms with Gasteiger partial charge in [-0.05, 0) is 23.8 Å². The molecule has 1 atom stereocenters. The maximum Gasteiger partial charge on any atom is 0.213 e. The fourth-order valence-electron chi connectivity index (χ4n) is 3.33. The fourth-order valence-corrected chi connectivity index (χ4v) is 3.33. The van der Waals surface area contributed by atoms with Crippen LogP contribution < -0.4 is 4.74 Å². The lowest BCUT2D eigenvalue weighted by atomic mass is 10.1. The second-order valence-corrected chi connectivity index (χ2v) is 6.34. The fraction of sp³-hybridized carbons (Fsp3) is 0.250. The van der Waals surface area contributed by atoms with Gasteiger partial charge in [-0.3, -0.25) is 9.58 Å². The monoisotopic (exact) mass is 345 g/mol. The quantitative estimate of drug-likeness (QED) is 0.711. The van der Waals surface area contributed by atoms with E-state index in [1.165, 1.54) is 0 Å². The highest BCUT2D eigenvalue weighted by Crippen LogP contribution is 2.23. The molecule has 0 amide bonds. The minimum atomic E-state index is 0.102. The number of aromatic nitrogens is 3. The van der Waals surface area contributed by atoms with Crippen molar-refractivity contribution in [2.45, 2.75) is 19.1 Å². The highest BCUT2D eigenvalue weighted by Gasteiger charge is 2.26. The highest BCUT2D eigenvalue weighted by atomic mass is 16.5. The van der Waals surface area contributed by atoms with Crippen molar-refractivity contribution in [3.63, 3.8) is 0 Å². The molecule has 0 aliphatic carbocycles. The number of ether oxygens (including phenoxy) is 1. The van der Waals surface area contributed by atoms with Gasteiger partial charge in [0.15, 0.2) is 0 Å². The van der Waals surface area contributed by atoms with E-state index < -0.39 is 0 Å². The molecule has 26 heavy (non-hydrogen) atoms. The number of nitriles is 1. The zero-order valence-corrected chi connectivity index (χ0v) is 14.3. The average Bonchev–Trinajstić information content (AvgIpc) is 3.16. The molecule has 2 aromatic heterocycles. The van der Waals surface area contributed by atoms with Crippen molar-refractivity contribution in [3.05, 3.63) is 77.7 Å². The smallest absolute Gasteiger partial charge is 0.213 e. The van der Waals surface area contributed by atoms with Crippen LogP contribution in [0, 0.1) is 11.3 Å². The molecule has 3 aromatic rings. The minimum absolute atomic E-state index is 0.102. The summed E-state index contributed by atoms with van der Waals surface area (Å²) in [6.07, 6.45) is 3.55. The van der Waals surface area contributed by atoms with Gasteiger partial charge in [-0.25, -0.2) is 4.98 Å². The van der Waals surface area contributed by atoms with Gasteiger partial charge in [0.1, 0.15) is 6.61 Å². The Morgan fingerprint density at radius 3 is 2.85 bits per heavy atom. The van der Waals surface area contributed by atoms with Crippen molar-refractivity contribution in [3.8, 4) is 11.9 Å². The van der Waals surface area contributed by atoms with Crippen LogP contribution in [0.4, 0.5) is 0 Å². The first-order valence-electron chi connectivity index (χ1n) is 8.60. The summed E-state index contributed by atoms with van der Waals surface area (Å²) in [7, 11) is 0. The summed E-state index contributed by atoms with van der Waals surface area (Å²) >= 11 is 0. The second-order valence-electron chi connectivity index (χ2n) is 6.34. The van der Waals surface area contributed by atoms with Crippen LogP contribution in [-0.2, 0) is 13.1 Å². The first kappa shape index (κ1) is 16.3. The van der Waals surface area contributed by atoms with Gasteiger partial charge in [0.25, 0.3) is 0 Å². The number of fused-ring (bicyclic) bond motifs is 1. The molecule has 0 radical (unpaired) electrons. The van der Waals surface area contributed by atoms with Gasteiger partial charge in [-0.15, -0.1) is 0 Å². The minimum Gasteiger partial charge on any atom is -0.475 e. The third kappa shape index (κ3) is 3.44. The van der Waals surface area contributed by atoms with E-state index in [1.807, 2.05) is 59.4 Å². The number of rotatable bonds is 5. The molecule has 0 N–H and O–H groups in total. The number of hydrogen-bond donors (Lipinski definition) is 0. The molecule has 3 heterocycles. The normalized spacial score (nSPS) is 16.7. The van der Waals surface area contributed by atoms with Gasteiger partial charge >= 0.3 is 0 Å². The molecule has 130 valence electrons. The second kappa shape index (κ2) is 7.38. The molecular formula is C20H19N5O. The molecule has 0 fully saturated rings. The van der Waals surface area contributed by atoms with Crippen LogP contribution >= 0.6 is 0 Å². The summed E-state index contributed by atoms with van der Waals surface area (Å²) in [5, 5.41) is 13.8. The van der Waals surface area contributed by atoms with Crippen molar-refractivity contribution in [2.24, 2.45) is 0 Å². The van der Waals surface area contributed by atoms with Gasteiger partial charge < -0.3 is 4.74 Å². The van der Waals surface area contributed by atoms with E-state index in [4.69, 9.17) is 4.74 Å². The van der Waals surface area contributed by atoms with Crippen LogP contribution in [0.25, 0.3) is 0 Å². The predicted octanol–water partition coefficient (Wildman–Crippen LogP) is 2.79. The Balaban J connectivity index is 1.50. The number of nitrogens with zero attached hydrogens (tertiary/aromatic N) is 5. The van der Waals surface area contributed by atoms with Crippen LogP contribution in [0.1, 0.15) is 22.9 Å². The van der Waals surface area contributed by atoms with Crippen LogP contribution in [0.3, 0.4) is 0 Å². The van der Waals surface area contributed by atoms with E-state index in [2.05, 4.69) is 21.1 Å². The van der Waals surface area contributed by atoms with Crippen LogP contribution in [0.2, 0.25) is 0 Å². The maximum atomic E-state index is 9.33. The summed E-state index contributed by atoms with van der Waals surface area (Å²) in [5.74, 6) is 0.619. The van der Waals surface area contributed by atoms with Crippen molar-refractivity contribution in [1.82, 2.24) is 19.7 Å². The third-order valence-electron chi connectivity index (χ3n) is 4.55. The molecule has 1 aliphatic rings. The van der Waals surface area contributed by atoms with Crippen molar-refractivity contribution in [1.29, 1.82) is 5.26 Å². The van der Waals surface area contributed by atoms with E-state index in [9.17, 15) is 5.26 Å². The lowest BCUT2D eigenvalue weighted by molar-refractivity contribution is 0.125. The van der Waals surface area contributed by atoms with Gasteiger partial charge in [0, 0.05) is 38.1 Å². The molecule has 0 saturated heterocycles. The molecule has 0 saturated carbocycles. The van der Waals surface area contributed by atoms with E-state index >= 15 is 0 Å². The third-order valence-corrected chi connectivity index (χ3v) is 4.55. The first-order chi connectivity index (χ1) is 12.8. The SMILES string of the molecule is N#Cc1ccccc1CN1Cc2ccnn2C(COc2ccccn2)C1. The van der Waals surface area contributed by atoms with Gasteiger partial charge in [-0.1, -0.05) is 24.3 Å². The Hall–Kier alpha value is -3.17. The van der Waals surface area contributed by atoms with E-state index in [-0.39, 0.29) is 6.04 Å². The number of pyridine rings is 1. The molecule has 1 aliphatic heterocycles.